The van der Waals surface area contributed by atoms with E-state index in [0.29, 0.717) is 0 Å². The highest BCUT2D eigenvalue weighted by Gasteiger charge is 2.24. The summed E-state index contributed by atoms with van der Waals surface area (Å²) in [5, 5.41) is 3.05. The third kappa shape index (κ3) is 4.91. The molecule has 2 aromatic carbocycles. The van der Waals surface area contributed by atoms with Crippen molar-refractivity contribution in [3.63, 3.8) is 0 Å². The number of amides is 1. The van der Waals surface area contributed by atoms with Crippen molar-refractivity contribution in [3.05, 3.63) is 77.8 Å². The lowest BCUT2D eigenvalue weighted by Gasteiger charge is -2.16. The maximum absolute atomic E-state index is 13.9. The fraction of sp³-hybridized carbons (Fsp3) is 0.304. The van der Waals surface area contributed by atoms with Gasteiger partial charge in [0.1, 0.15) is 11.6 Å². The summed E-state index contributed by atoms with van der Waals surface area (Å²) in [4.78, 5) is 18.7. The first-order valence-corrected chi connectivity index (χ1v) is 10.0. The Bertz CT molecular complexity index is 986. The van der Waals surface area contributed by atoms with Crippen LogP contribution in [0.15, 0.2) is 59.1 Å². The minimum Gasteiger partial charge on any atom is -0.441 e. The topological polar surface area (TPSA) is 58.4 Å². The molecular formula is C23H23F2N3O2. The van der Waals surface area contributed by atoms with Crippen LogP contribution in [0, 0.1) is 11.6 Å². The van der Waals surface area contributed by atoms with Crippen molar-refractivity contribution in [3.8, 4) is 11.3 Å². The van der Waals surface area contributed by atoms with Crippen LogP contribution in [-0.4, -0.2) is 34.9 Å². The highest BCUT2D eigenvalue weighted by atomic mass is 19.1. The first kappa shape index (κ1) is 20.2. The van der Waals surface area contributed by atoms with Gasteiger partial charge in [0.05, 0.1) is 11.8 Å². The number of nitrogens with zero attached hydrogens (tertiary/aromatic N) is 2. The van der Waals surface area contributed by atoms with E-state index in [1.54, 1.807) is 0 Å². The predicted octanol–water partition coefficient (Wildman–Crippen LogP) is 3.94. The number of oxazole rings is 1. The van der Waals surface area contributed by atoms with Crippen molar-refractivity contribution in [1.29, 1.82) is 0 Å². The van der Waals surface area contributed by atoms with E-state index in [-0.39, 0.29) is 42.0 Å². The molecule has 0 bridgehead atoms. The Morgan fingerprint density at radius 3 is 2.67 bits per heavy atom. The van der Waals surface area contributed by atoms with E-state index in [9.17, 15) is 13.6 Å². The summed E-state index contributed by atoms with van der Waals surface area (Å²) in [5.41, 5.74) is 1.01. The molecule has 1 aromatic heterocycles. The summed E-state index contributed by atoms with van der Waals surface area (Å²) in [6.45, 7) is 2.63. The van der Waals surface area contributed by atoms with Crippen LogP contribution in [0.1, 0.15) is 24.3 Å². The minimum absolute atomic E-state index is 0.0216. The van der Waals surface area contributed by atoms with Gasteiger partial charge in [-0.2, -0.15) is 0 Å². The highest BCUT2D eigenvalue weighted by molar-refractivity contribution is 5.76. The van der Waals surface area contributed by atoms with Crippen LogP contribution < -0.4 is 5.32 Å². The van der Waals surface area contributed by atoms with Gasteiger partial charge < -0.3 is 9.73 Å². The van der Waals surface area contributed by atoms with Crippen LogP contribution in [0.25, 0.3) is 11.3 Å². The Morgan fingerprint density at radius 1 is 1.13 bits per heavy atom. The molecule has 1 amide bonds. The molecule has 7 heteroatoms. The van der Waals surface area contributed by atoms with Crippen molar-refractivity contribution in [1.82, 2.24) is 15.2 Å². The monoisotopic (exact) mass is 411 g/mol. The molecule has 1 aliphatic heterocycles. The maximum Gasteiger partial charge on any atom is 0.220 e. The lowest BCUT2D eigenvalue weighted by atomic mass is 10.1. The van der Waals surface area contributed by atoms with Crippen molar-refractivity contribution in [2.45, 2.75) is 31.8 Å². The number of hydrogen-bond donors (Lipinski definition) is 1. The molecule has 1 aliphatic rings. The van der Waals surface area contributed by atoms with E-state index in [0.717, 1.165) is 38.2 Å². The van der Waals surface area contributed by atoms with Crippen LogP contribution >= 0.6 is 0 Å². The second kappa shape index (κ2) is 9.17. The Balaban J connectivity index is 1.25. The number of carbonyl (C=O) groups is 1. The van der Waals surface area contributed by atoms with Gasteiger partial charge in [-0.3, -0.25) is 9.69 Å². The highest BCUT2D eigenvalue weighted by Crippen LogP contribution is 2.26. The fourth-order valence-corrected chi connectivity index (χ4v) is 3.73. The van der Waals surface area contributed by atoms with Gasteiger partial charge in [-0.05, 0) is 24.1 Å². The van der Waals surface area contributed by atoms with Gasteiger partial charge in [0.25, 0.3) is 0 Å². The zero-order chi connectivity index (χ0) is 20.9. The third-order valence-electron chi connectivity index (χ3n) is 5.22. The standard InChI is InChI=1S/C23H23F2N3O2/c24-18-7-4-8-19(25)23(18)20-13-26-22(30-20)10-9-21(29)27-17-11-12-28(15-17)14-16-5-2-1-3-6-16/h1-8,13,17H,9-12,14-15H2,(H,27,29)/t17-/m1/s1. The van der Waals surface area contributed by atoms with E-state index < -0.39 is 11.6 Å². The molecule has 30 heavy (non-hydrogen) atoms. The first-order valence-electron chi connectivity index (χ1n) is 10.0. The Hall–Kier alpha value is -3.06. The molecular weight excluding hydrogens is 388 g/mol. The van der Waals surface area contributed by atoms with E-state index in [4.69, 9.17) is 4.42 Å². The molecule has 0 spiro atoms. The molecule has 5 nitrogen and oxygen atoms in total. The molecule has 1 saturated heterocycles. The van der Waals surface area contributed by atoms with Crippen LogP contribution in [0.2, 0.25) is 0 Å². The molecule has 2 heterocycles. The fourth-order valence-electron chi connectivity index (χ4n) is 3.73. The molecule has 0 unspecified atom stereocenters. The van der Waals surface area contributed by atoms with Crippen LogP contribution in [-0.2, 0) is 17.8 Å². The van der Waals surface area contributed by atoms with Gasteiger partial charge in [-0.25, -0.2) is 13.8 Å². The van der Waals surface area contributed by atoms with E-state index in [1.807, 2.05) is 18.2 Å². The first-order chi connectivity index (χ1) is 14.6. The van der Waals surface area contributed by atoms with Gasteiger partial charge in [0.2, 0.25) is 5.91 Å². The zero-order valence-corrected chi connectivity index (χ0v) is 16.5. The van der Waals surface area contributed by atoms with E-state index in [1.165, 1.54) is 17.8 Å². The molecule has 0 aliphatic carbocycles. The normalized spacial score (nSPS) is 16.7. The van der Waals surface area contributed by atoms with Crippen molar-refractivity contribution in [2.24, 2.45) is 0 Å². The number of hydrogen-bond acceptors (Lipinski definition) is 4. The third-order valence-corrected chi connectivity index (χ3v) is 5.22. The van der Waals surface area contributed by atoms with Gasteiger partial charge in [0.15, 0.2) is 11.7 Å². The minimum atomic E-state index is -0.711. The summed E-state index contributed by atoms with van der Waals surface area (Å²) >= 11 is 0. The van der Waals surface area contributed by atoms with Gasteiger partial charge in [-0.1, -0.05) is 36.4 Å². The maximum atomic E-state index is 13.9. The largest absolute Gasteiger partial charge is 0.441 e. The number of nitrogens with one attached hydrogen (secondary N) is 1. The van der Waals surface area contributed by atoms with Crippen LogP contribution in [0.3, 0.4) is 0 Å². The number of aromatic nitrogens is 1. The second-order valence-electron chi connectivity index (χ2n) is 7.49. The molecule has 3 aromatic rings. The van der Waals surface area contributed by atoms with Gasteiger partial charge >= 0.3 is 0 Å². The number of aryl methyl sites for hydroxylation is 1. The lowest BCUT2D eigenvalue weighted by molar-refractivity contribution is -0.121. The average molecular weight is 411 g/mol. The quantitative estimate of drug-likeness (QED) is 0.640. The number of benzene rings is 2. The Morgan fingerprint density at radius 2 is 1.90 bits per heavy atom. The second-order valence-corrected chi connectivity index (χ2v) is 7.49. The summed E-state index contributed by atoms with van der Waals surface area (Å²) in [6, 6.07) is 14.0. The van der Waals surface area contributed by atoms with Crippen molar-refractivity contribution in [2.75, 3.05) is 13.1 Å². The number of carbonyl (C=O) groups excluding carboxylic acids is 1. The number of likely N-dealkylation sites (tertiary alicyclic amines) is 1. The summed E-state index contributed by atoms with van der Waals surface area (Å²) in [6.07, 6.45) is 2.67. The molecule has 1 fully saturated rings. The smallest absolute Gasteiger partial charge is 0.220 e. The number of halogens is 2. The SMILES string of the molecule is O=C(CCc1ncc(-c2c(F)cccc2F)o1)N[C@@H]1CCN(Cc2ccccc2)C1. The molecule has 1 N–H and O–H groups in total. The number of rotatable bonds is 7. The van der Waals surface area contributed by atoms with E-state index in [2.05, 4.69) is 27.3 Å². The summed E-state index contributed by atoms with van der Waals surface area (Å²) < 4.78 is 33.2. The van der Waals surface area contributed by atoms with Gasteiger partial charge in [0, 0.05) is 38.5 Å². The average Bonchev–Trinajstić information content (AvgIpc) is 3.37. The van der Waals surface area contributed by atoms with Crippen molar-refractivity contribution >= 4 is 5.91 Å². The van der Waals surface area contributed by atoms with Crippen molar-refractivity contribution < 1.29 is 18.0 Å². The van der Waals surface area contributed by atoms with E-state index >= 15 is 0 Å². The van der Waals surface area contributed by atoms with Gasteiger partial charge in [-0.15, -0.1) is 0 Å². The Labute approximate surface area is 173 Å². The molecule has 1 atom stereocenters. The van der Waals surface area contributed by atoms with Crippen LogP contribution in [0.4, 0.5) is 8.78 Å². The predicted molar refractivity (Wildman–Crippen MR) is 108 cm³/mol. The zero-order valence-electron chi connectivity index (χ0n) is 16.5. The summed E-state index contributed by atoms with van der Waals surface area (Å²) in [5.74, 6) is -1.21. The van der Waals surface area contributed by atoms with Crippen LogP contribution in [0.5, 0.6) is 0 Å². The molecule has 156 valence electrons. The molecule has 0 saturated carbocycles. The Kier molecular flexibility index (Phi) is 6.18. The lowest BCUT2D eigenvalue weighted by Crippen LogP contribution is -2.37. The summed E-state index contributed by atoms with van der Waals surface area (Å²) in [7, 11) is 0. The molecule has 4 rings (SSSR count). The molecule has 0 radical (unpaired) electrons.